The Hall–Kier alpha value is -1.50. The van der Waals surface area contributed by atoms with Crippen LogP contribution in [0.5, 0.6) is 0 Å². The van der Waals surface area contributed by atoms with Gasteiger partial charge in [-0.25, -0.2) is 4.79 Å². The number of aromatic amines is 1. The number of nitrogens with zero attached hydrogens (tertiary/aromatic N) is 1. The molecule has 3 N–H and O–H groups in total. The normalized spacial score (nSPS) is 12.1. The molecule has 0 aromatic carbocycles. The molecule has 6 nitrogen and oxygen atoms in total. The summed E-state index contributed by atoms with van der Waals surface area (Å²) in [6, 6.07) is -0.797. The number of carbonyl (C=O) groups excluding carboxylic acids is 1. The van der Waals surface area contributed by atoms with Gasteiger partial charge in [0, 0.05) is 12.6 Å². The van der Waals surface area contributed by atoms with Crippen molar-refractivity contribution in [1.82, 2.24) is 15.5 Å². The average molecular weight is 271 g/mol. The van der Waals surface area contributed by atoms with E-state index < -0.39 is 12.0 Å². The molecule has 1 heterocycles. The first-order valence-corrected chi connectivity index (χ1v) is 7.01. The van der Waals surface area contributed by atoms with Crippen LogP contribution in [-0.4, -0.2) is 45.2 Å². The van der Waals surface area contributed by atoms with Gasteiger partial charge in [0.25, 0.3) is 0 Å². The van der Waals surface area contributed by atoms with E-state index in [9.17, 15) is 9.59 Å². The third kappa shape index (κ3) is 5.22. The number of carboxylic acid groups (broad SMARTS) is 1. The highest BCUT2D eigenvalue weighted by Crippen LogP contribution is 2.03. The Morgan fingerprint density at radius 3 is 2.94 bits per heavy atom. The second-order valence-electron chi connectivity index (χ2n) is 3.85. The van der Waals surface area contributed by atoms with Crippen molar-refractivity contribution < 1.29 is 14.7 Å². The third-order valence-electron chi connectivity index (χ3n) is 2.44. The van der Waals surface area contributed by atoms with E-state index in [2.05, 4.69) is 15.5 Å². The van der Waals surface area contributed by atoms with Crippen LogP contribution in [0.15, 0.2) is 12.4 Å². The van der Waals surface area contributed by atoms with Gasteiger partial charge in [0.2, 0.25) is 5.91 Å². The van der Waals surface area contributed by atoms with Gasteiger partial charge in [0.1, 0.15) is 6.04 Å². The number of carboxylic acids is 1. The Labute approximate surface area is 110 Å². The monoisotopic (exact) mass is 271 g/mol. The number of H-pyrrole nitrogens is 1. The molecule has 1 aromatic rings. The van der Waals surface area contributed by atoms with Crippen molar-refractivity contribution in [2.24, 2.45) is 0 Å². The van der Waals surface area contributed by atoms with Crippen molar-refractivity contribution in [3.63, 3.8) is 0 Å². The van der Waals surface area contributed by atoms with Crippen LogP contribution >= 0.6 is 11.8 Å². The molecule has 0 unspecified atom stereocenters. The van der Waals surface area contributed by atoms with E-state index in [4.69, 9.17) is 5.11 Å². The van der Waals surface area contributed by atoms with Crippen LogP contribution < -0.4 is 5.32 Å². The van der Waals surface area contributed by atoms with Crippen molar-refractivity contribution in [3.05, 3.63) is 18.0 Å². The predicted molar refractivity (Wildman–Crippen MR) is 69.5 cm³/mol. The fourth-order valence-corrected chi connectivity index (χ4v) is 1.90. The first-order valence-electron chi connectivity index (χ1n) is 5.62. The number of hydrogen-bond donors (Lipinski definition) is 3. The summed E-state index contributed by atoms with van der Waals surface area (Å²) in [7, 11) is 0. The maximum absolute atomic E-state index is 11.6. The Bertz CT molecular complexity index is 381. The standard InChI is InChI=1S/C11H17N3O3S/c1-18-5-4-9(11(16)17)14-10(15)3-2-8-6-12-13-7-8/h6-7,9H,2-5H2,1H3,(H,12,13)(H,14,15)(H,16,17)/t9-/m1/s1. The van der Waals surface area contributed by atoms with E-state index in [1.807, 2.05) is 6.26 Å². The molecule has 7 heteroatoms. The van der Waals surface area contributed by atoms with E-state index in [-0.39, 0.29) is 12.3 Å². The Morgan fingerprint density at radius 1 is 1.61 bits per heavy atom. The van der Waals surface area contributed by atoms with Crippen LogP contribution in [0.2, 0.25) is 0 Å². The van der Waals surface area contributed by atoms with Gasteiger partial charge in [0.15, 0.2) is 0 Å². The van der Waals surface area contributed by atoms with E-state index in [0.717, 1.165) is 5.56 Å². The number of thioether (sulfide) groups is 1. The molecule has 0 aliphatic heterocycles. The van der Waals surface area contributed by atoms with E-state index >= 15 is 0 Å². The summed E-state index contributed by atoms with van der Waals surface area (Å²) in [5.41, 5.74) is 0.932. The molecule has 1 rings (SSSR count). The van der Waals surface area contributed by atoms with Crippen molar-refractivity contribution in [1.29, 1.82) is 0 Å². The molecule has 0 aliphatic carbocycles. The molecule has 0 aliphatic rings. The zero-order chi connectivity index (χ0) is 13.4. The fourth-order valence-electron chi connectivity index (χ4n) is 1.43. The molecule has 0 spiro atoms. The van der Waals surface area contributed by atoms with Crippen LogP contribution in [0, 0.1) is 0 Å². The molecule has 100 valence electrons. The number of amides is 1. The minimum absolute atomic E-state index is 0.246. The Balaban J connectivity index is 2.34. The number of aryl methyl sites for hydroxylation is 1. The molecule has 1 atom stereocenters. The summed E-state index contributed by atoms with van der Waals surface area (Å²) in [6.07, 6.45) is 6.53. The van der Waals surface area contributed by atoms with E-state index in [1.54, 1.807) is 24.2 Å². The molecule has 0 saturated carbocycles. The largest absolute Gasteiger partial charge is 0.480 e. The predicted octanol–water partition coefficient (Wildman–Crippen LogP) is 0.665. The molecule has 0 bridgehead atoms. The lowest BCUT2D eigenvalue weighted by atomic mass is 10.1. The molecule has 0 radical (unpaired) electrons. The molecule has 18 heavy (non-hydrogen) atoms. The molecular weight excluding hydrogens is 254 g/mol. The number of hydrogen-bond acceptors (Lipinski definition) is 4. The lowest BCUT2D eigenvalue weighted by molar-refractivity contribution is -0.141. The van der Waals surface area contributed by atoms with Crippen LogP contribution in [0.4, 0.5) is 0 Å². The van der Waals surface area contributed by atoms with Crippen molar-refractivity contribution in [2.45, 2.75) is 25.3 Å². The number of aromatic nitrogens is 2. The molecular formula is C11H17N3O3S. The second-order valence-corrected chi connectivity index (χ2v) is 4.83. The van der Waals surface area contributed by atoms with Crippen LogP contribution in [0.25, 0.3) is 0 Å². The topological polar surface area (TPSA) is 95.1 Å². The van der Waals surface area contributed by atoms with E-state index in [0.29, 0.717) is 18.6 Å². The summed E-state index contributed by atoms with van der Waals surface area (Å²) in [5, 5.41) is 17.9. The smallest absolute Gasteiger partial charge is 0.326 e. The molecule has 0 saturated heterocycles. The fraction of sp³-hybridized carbons (Fsp3) is 0.545. The van der Waals surface area contributed by atoms with Gasteiger partial charge in [-0.05, 0) is 30.4 Å². The van der Waals surface area contributed by atoms with Crippen molar-refractivity contribution >= 4 is 23.6 Å². The van der Waals surface area contributed by atoms with Gasteiger partial charge in [-0.15, -0.1) is 0 Å². The highest BCUT2D eigenvalue weighted by molar-refractivity contribution is 7.98. The average Bonchev–Trinajstić information content (AvgIpc) is 2.84. The highest BCUT2D eigenvalue weighted by atomic mass is 32.2. The summed E-state index contributed by atoms with van der Waals surface area (Å²) >= 11 is 1.56. The van der Waals surface area contributed by atoms with Gasteiger partial charge in [-0.3, -0.25) is 9.89 Å². The van der Waals surface area contributed by atoms with Gasteiger partial charge >= 0.3 is 5.97 Å². The van der Waals surface area contributed by atoms with Crippen LogP contribution in [-0.2, 0) is 16.0 Å². The van der Waals surface area contributed by atoms with Gasteiger partial charge in [-0.2, -0.15) is 16.9 Å². The van der Waals surface area contributed by atoms with E-state index in [1.165, 1.54) is 0 Å². The SMILES string of the molecule is CSCC[C@@H](NC(=O)CCc1cn[nH]c1)C(=O)O. The van der Waals surface area contributed by atoms with Crippen molar-refractivity contribution in [3.8, 4) is 0 Å². The lowest BCUT2D eigenvalue weighted by Crippen LogP contribution is -2.41. The summed E-state index contributed by atoms with van der Waals surface area (Å²) < 4.78 is 0. The number of aliphatic carboxylic acids is 1. The van der Waals surface area contributed by atoms with Gasteiger partial charge in [0.05, 0.1) is 6.20 Å². The first-order chi connectivity index (χ1) is 8.63. The quantitative estimate of drug-likeness (QED) is 0.646. The van der Waals surface area contributed by atoms with Crippen LogP contribution in [0.3, 0.4) is 0 Å². The van der Waals surface area contributed by atoms with Crippen molar-refractivity contribution in [2.75, 3.05) is 12.0 Å². The summed E-state index contributed by atoms with van der Waals surface area (Å²) in [5.74, 6) is -0.524. The zero-order valence-electron chi connectivity index (χ0n) is 10.2. The number of carbonyl (C=O) groups is 2. The summed E-state index contributed by atoms with van der Waals surface area (Å²) in [4.78, 5) is 22.5. The maximum atomic E-state index is 11.6. The summed E-state index contributed by atoms with van der Waals surface area (Å²) in [6.45, 7) is 0. The van der Waals surface area contributed by atoms with Crippen LogP contribution in [0.1, 0.15) is 18.4 Å². The zero-order valence-corrected chi connectivity index (χ0v) is 11.0. The maximum Gasteiger partial charge on any atom is 0.326 e. The Kier molecular flexibility index (Phi) is 6.27. The highest BCUT2D eigenvalue weighted by Gasteiger charge is 2.18. The third-order valence-corrected chi connectivity index (χ3v) is 3.08. The first kappa shape index (κ1) is 14.6. The minimum Gasteiger partial charge on any atom is -0.480 e. The lowest BCUT2D eigenvalue weighted by Gasteiger charge is -2.13. The Morgan fingerprint density at radius 2 is 2.39 bits per heavy atom. The number of nitrogens with one attached hydrogen (secondary N) is 2. The van der Waals surface area contributed by atoms with Gasteiger partial charge in [-0.1, -0.05) is 0 Å². The molecule has 1 aromatic heterocycles. The second kappa shape index (κ2) is 7.75. The molecule has 1 amide bonds. The van der Waals surface area contributed by atoms with Gasteiger partial charge < -0.3 is 10.4 Å². The minimum atomic E-state index is -0.985. The molecule has 0 fully saturated rings. The number of rotatable bonds is 8.